The lowest BCUT2D eigenvalue weighted by molar-refractivity contribution is -0.137. The molecule has 4 rings (SSSR count). The Morgan fingerprint density at radius 2 is 1.69 bits per heavy atom. The molecule has 0 bridgehead atoms. The maximum atomic E-state index is 13.0. The fourth-order valence-electron chi connectivity index (χ4n) is 3.39. The summed E-state index contributed by atoms with van der Waals surface area (Å²) in [6.45, 7) is 0.650. The predicted octanol–water partition coefficient (Wildman–Crippen LogP) is 3.63. The summed E-state index contributed by atoms with van der Waals surface area (Å²) >= 11 is 0.764. The zero-order chi connectivity index (χ0) is 28.0. The highest BCUT2D eigenvalue weighted by Crippen LogP contribution is 2.33. The van der Waals surface area contributed by atoms with Crippen LogP contribution < -0.4 is 4.72 Å². The monoisotopic (exact) mass is 584 g/mol. The van der Waals surface area contributed by atoms with Crippen LogP contribution in [-0.2, 0) is 35.2 Å². The second-order valence-corrected chi connectivity index (χ2v) is 10.9. The molecule has 1 N–H and O–H groups in total. The summed E-state index contributed by atoms with van der Waals surface area (Å²) in [5.41, 5.74) is 1.42. The zero-order valence-electron chi connectivity index (χ0n) is 20.5. The summed E-state index contributed by atoms with van der Waals surface area (Å²) < 4.78 is 82.1. The van der Waals surface area contributed by atoms with Crippen molar-refractivity contribution in [1.82, 2.24) is 19.3 Å². The molecule has 4 aromatic rings. The lowest BCUT2D eigenvalue weighted by atomic mass is 10.0. The molecule has 2 aromatic heterocycles. The van der Waals surface area contributed by atoms with E-state index in [9.17, 15) is 26.4 Å². The van der Waals surface area contributed by atoms with Gasteiger partial charge in [-0.3, -0.25) is 4.79 Å². The standard InChI is InChI=1S/C24H23F3N4O6S2/c1-35-9-10-36-11-12-37-15-21(32)30-39(33,34)23-29-31-14-20(28-22(31)38-23)17-7-5-16(6-8-17)18-3-2-4-19(13-18)24(25,26)27/h2-8,13-14H,9-12,15H2,1H3,(H,30,32). The Labute approximate surface area is 225 Å². The van der Waals surface area contributed by atoms with Gasteiger partial charge in [-0.1, -0.05) is 47.7 Å². The number of fused-ring (bicyclic) bond motifs is 1. The molecule has 0 saturated carbocycles. The van der Waals surface area contributed by atoms with Crippen molar-refractivity contribution >= 4 is 32.2 Å². The molecule has 2 aromatic carbocycles. The number of rotatable bonds is 12. The highest BCUT2D eigenvalue weighted by Gasteiger charge is 2.30. The number of carbonyl (C=O) groups is 1. The number of methoxy groups -OCH3 is 1. The van der Waals surface area contributed by atoms with Gasteiger partial charge in [-0.05, 0) is 23.3 Å². The quantitative estimate of drug-likeness (QED) is 0.251. The van der Waals surface area contributed by atoms with E-state index in [1.165, 1.54) is 23.9 Å². The topological polar surface area (TPSA) is 121 Å². The van der Waals surface area contributed by atoms with E-state index in [2.05, 4.69) is 10.1 Å². The molecule has 0 radical (unpaired) electrons. The van der Waals surface area contributed by atoms with Crippen LogP contribution in [0.3, 0.4) is 0 Å². The molecular weight excluding hydrogens is 561 g/mol. The summed E-state index contributed by atoms with van der Waals surface area (Å²) in [7, 11) is -2.70. The van der Waals surface area contributed by atoms with Crippen LogP contribution in [0.2, 0.25) is 0 Å². The lowest BCUT2D eigenvalue weighted by Crippen LogP contribution is -2.33. The van der Waals surface area contributed by atoms with Crippen molar-refractivity contribution in [3.8, 4) is 22.4 Å². The highest BCUT2D eigenvalue weighted by molar-refractivity contribution is 7.92. The van der Waals surface area contributed by atoms with Gasteiger partial charge in [-0.15, -0.1) is 5.10 Å². The number of amides is 1. The minimum atomic E-state index is -4.44. The molecule has 0 atom stereocenters. The minimum absolute atomic E-state index is 0.103. The first-order chi connectivity index (χ1) is 18.6. The molecule has 1 amide bonds. The van der Waals surface area contributed by atoms with Crippen LogP contribution in [0.15, 0.2) is 59.1 Å². The maximum Gasteiger partial charge on any atom is 0.416 e. The number of nitrogens with one attached hydrogen (secondary N) is 1. The Morgan fingerprint density at radius 1 is 1.00 bits per heavy atom. The van der Waals surface area contributed by atoms with Crippen molar-refractivity contribution in [2.75, 3.05) is 40.1 Å². The third-order valence-electron chi connectivity index (χ3n) is 5.24. The molecule has 2 heterocycles. The average molecular weight is 585 g/mol. The summed E-state index contributed by atoms with van der Waals surface area (Å²) in [6.07, 6.45) is -2.92. The van der Waals surface area contributed by atoms with E-state index < -0.39 is 34.3 Å². The molecule has 0 aliphatic carbocycles. The highest BCUT2D eigenvalue weighted by atomic mass is 32.2. The number of alkyl halides is 3. The van der Waals surface area contributed by atoms with Crippen LogP contribution in [0, 0.1) is 0 Å². The number of benzene rings is 2. The molecule has 0 aliphatic heterocycles. The predicted molar refractivity (Wildman–Crippen MR) is 136 cm³/mol. The molecule has 15 heteroatoms. The molecule has 0 aliphatic rings. The van der Waals surface area contributed by atoms with Gasteiger partial charge >= 0.3 is 6.18 Å². The van der Waals surface area contributed by atoms with Gasteiger partial charge < -0.3 is 14.2 Å². The van der Waals surface area contributed by atoms with Gasteiger partial charge in [0.15, 0.2) is 0 Å². The zero-order valence-corrected chi connectivity index (χ0v) is 22.1. The molecular formula is C24H23F3N4O6S2. The largest absolute Gasteiger partial charge is 0.416 e. The van der Waals surface area contributed by atoms with Crippen molar-refractivity contribution in [3.63, 3.8) is 0 Å². The van der Waals surface area contributed by atoms with Crippen molar-refractivity contribution < 1.29 is 40.6 Å². The Balaban J connectivity index is 1.38. The van der Waals surface area contributed by atoms with Crippen molar-refractivity contribution in [2.24, 2.45) is 0 Å². The second-order valence-electron chi connectivity index (χ2n) is 8.06. The lowest BCUT2D eigenvalue weighted by Gasteiger charge is -2.09. The molecule has 10 nitrogen and oxygen atoms in total. The van der Waals surface area contributed by atoms with E-state index in [1.807, 2.05) is 4.72 Å². The van der Waals surface area contributed by atoms with Crippen LogP contribution in [-0.4, -0.2) is 69.1 Å². The molecule has 0 spiro atoms. The average Bonchev–Trinajstić information content (AvgIpc) is 3.48. The third-order valence-corrected chi connectivity index (χ3v) is 7.91. The second kappa shape index (κ2) is 12.2. The summed E-state index contributed by atoms with van der Waals surface area (Å²) in [4.78, 5) is 16.6. The van der Waals surface area contributed by atoms with Crippen LogP contribution in [0.25, 0.3) is 27.3 Å². The Morgan fingerprint density at radius 3 is 2.38 bits per heavy atom. The molecule has 0 unspecified atom stereocenters. The van der Waals surface area contributed by atoms with E-state index in [0.717, 1.165) is 23.5 Å². The van der Waals surface area contributed by atoms with Gasteiger partial charge in [0, 0.05) is 12.7 Å². The Bertz CT molecular complexity index is 1500. The number of ether oxygens (including phenoxy) is 3. The van der Waals surface area contributed by atoms with Gasteiger partial charge in [0.05, 0.1) is 43.9 Å². The fourth-order valence-corrected chi connectivity index (χ4v) is 5.43. The van der Waals surface area contributed by atoms with Gasteiger partial charge in [-0.2, -0.15) is 21.6 Å². The minimum Gasteiger partial charge on any atom is -0.382 e. The number of nitrogens with zero attached hydrogens (tertiary/aromatic N) is 3. The first-order valence-electron chi connectivity index (χ1n) is 11.4. The van der Waals surface area contributed by atoms with E-state index in [4.69, 9.17) is 14.2 Å². The maximum absolute atomic E-state index is 13.0. The number of aromatic nitrogens is 3. The van der Waals surface area contributed by atoms with Crippen LogP contribution in [0.4, 0.5) is 13.2 Å². The summed E-state index contributed by atoms with van der Waals surface area (Å²) in [5, 5.41) is 4.01. The van der Waals surface area contributed by atoms with Gasteiger partial charge in [0.2, 0.25) is 4.96 Å². The normalized spacial score (nSPS) is 12.2. The molecule has 0 fully saturated rings. The first kappa shape index (κ1) is 28.6. The number of sulfonamides is 1. The van der Waals surface area contributed by atoms with Crippen LogP contribution in [0.1, 0.15) is 5.56 Å². The smallest absolute Gasteiger partial charge is 0.382 e. The number of hydrogen-bond donors (Lipinski definition) is 1. The van der Waals surface area contributed by atoms with Gasteiger partial charge in [0.25, 0.3) is 20.3 Å². The Hall–Kier alpha value is -3.37. The van der Waals surface area contributed by atoms with E-state index >= 15 is 0 Å². The number of imidazole rings is 1. The summed E-state index contributed by atoms with van der Waals surface area (Å²) in [6, 6.07) is 11.8. The number of halogens is 3. The first-order valence-corrected chi connectivity index (χ1v) is 13.7. The van der Waals surface area contributed by atoms with Gasteiger partial charge in [0.1, 0.15) is 6.61 Å². The number of hydrogen-bond acceptors (Lipinski definition) is 9. The number of carbonyl (C=O) groups excluding carboxylic acids is 1. The van der Waals surface area contributed by atoms with E-state index in [1.54, 1.807) is 30.3 Å². The molecule has 0 saturated heterocycles. The third kappa shape index (κ3) is 7.39. The molecule has 208 valence electrons. The Kier molecular flexibility index (Phi) is 8.97. The van der Waals surface area contributed by atoms with Crippen LogP contribution >= 0.6 is 11.3 Å². The van der Waals surface area contributed by atoms with Crippen LogP contribution in [0.5, 0.6) is 0 Å². The fraction of sp³-hybridized carbons (Fsp3) is 0.292. The van der Waals surface area contributed by atoms with Crippen molar-refractivity contribution in [3.05, 3.63) is 60.3 Å². The molecule has 39 heavy (non-hydrogen) atoms. The van der Waals surface area contributed by atoms with E-state index in [-0.39, 0.29) is 22.5 Å². The van der Waals surface area contributed by atoms with Crippen molar-refractivity contribution in [2.45, 2.75) is 10.5 Å². The van der Waals surface area contributed by atoms with Gasteiger partial charge in [-0.25, -0.2) is 14.2 Å². The van der Waals surface area contributed by atoms with E-state index in [0.29, 0.717) is 35.6 Å². The SMILES string of the molecule is COCCOCCOCC(=O)NS(=O)(=O)c1nn2cc(-c3ccc(-c4cccc(C(F)(F)F)c4)cc3)nc2s1. The summed E-state index contributed by atoms with van der Waals surface area (Å²) in [5.74, 6) is -0.860. The van der Waals surface area contributed by atoms with Crippen molar-refractivity contribution in [1.29, 1.82) is 0 Å².